The molecule has 1 aliphatic rings. The van der Waals surface area contributed by atoms with E-state index in [9.17, 15) is 4.79 Å². The molecule has 1 heterocycles. The lowest BCUT2D eigenvalue weighted by molar-refractivity contribution is 0.0448. The first-order valence-corrected chi connectivity index (χ1v) is 6.01. The summed E-state index contributed by atoms with van der Waals surface area (Å²) in [4.78, 5) is 13.7. The lowest BCUT2D eigenvalue weighted by atomic mass is 9.92. The van der Waals surface area contributed by atoms with Crippen molar-refractivity contribution in [2.75, 3.05) is 6.54 Å². The molecule has 0 N–H and O–H groups in total. The van der Waals surface area contributed by atoms with Gasteiger partial charge in [-0.2, -0.15) is 0 Å². The normalized spacial score (nSPS) is 26.9. The quantitative estimate of drug-likeness (QED) is 0.705. The van der Waals surface area contributed by atoms with Gasteiger partial charge in [0.15, 0.2) is 0 Å². The molecule has 3 heteroatoms. The first-order valence-electron chi connectivity index (χ1n) is 6.01. The lowest BCUT2D eigenvalue weighted by Crippen LogP contribution is -2.46. The van der Waals surface area contributed by atoms with Crippen molar-refractivity contribution in [2.24, 2.45) is 5.92 Å². The van der Waals surface area contributed by atoms with Crippen LogP contribution in [0.5, 0.6) is 0 Å². The molecule has 0 unspecified atom stereocenters. The maximum Gasteiger partial charge on any atom is 0.410 e. The van der Waals surface area contributed by atoms with E-state index in [2.05, 4.69) is 13.8 Å². The Morgan fingerprint density at radius 1 is 1.47 bits per heavy atom. The number of hydrogen-bond acceptors (Lipinski definition) is 2. The van der Waals surface area contributed by atoms with Gasteiger partial charge in [0.1, 0.15) is 0 Å². The van der Waals surface area contributed by atoms with Gasteiger partial charge in [0.05, 0.1) is 6.10 Å². The summed E-state index contributed by atoms with van der Waals surface area (Å²) in [7, 11) is 0. The van der Waals surface area contributed by atoms with Gasteiger partial charge in [-0.05, 0) is 39.5 Å². The molecular formula is C12H23NO2. The van der Waals surface area contributed by atoms with Crippen LogP contribution in [0.2, 0.25) is 0 Å². The molecule has 1 aliphatic heterocycles. The Hall–Kier alpha value is -0.730. The van der Waals surface area contributed by atoms with Crippen LogP contribution in [-0.4, -0.2) is 29.7 Å². The molecule has 0 spiro atoms. The summed E-state index contributed by atoms with van der Waals surface area (Å²) in [5.74, 6) is 0.654. The SMILES string of the molecule is CC[C@H]1CC[C@@H](C)N(C(=O)OC(C)C)C1. The molecule has 0 aliphatic carbocycles. The Morgan fingerprint density at radius 3 is 2.67 bits per heavy atom. The Bertz CT molecular complexity index is 216. The van der Waals surface area contributed by atoms with Crippen molar-refractivity contribution in [2.45, 2.75) is 59.1 Å². The zero-order valence-corrected chi connectivity index (χ0v) is 10.3. The van der Waals surface area contributed by atoms with E-state index in [-0.39, 0.29) is 12.2 Å². The molecule has 88 valence electrons. The smallest absolute Gasteiger partial charge is 0.410 e. The molecule has 2 atom stereocenters. The number of carbonyl (C=O) groups is 1. The second-order valence-electron chi connectivity index (χ2n) is 4.79. The minimum atomic E-state index is -0.143. The maximum absolute atomic E-state index is 11.8. The monoisotopic (exact) mass is 213 g/mol. The highest BCUT2D eigenvalue weighted by atomic mass is 16.6. The summed E-state index contributed by atoms with van der Waals surface area (Å²) in [6.45, 7) is 8.94. The number of carbonyl (C=O) groups excluding carboxylic acids is 1. The predicted molar refractivity (Wildman–Crippen MR) is 60.8 cm³/mol. The van der Waals surface area contributed by atoms with E-state index >= 15 is 0 Å². The summed E-state index contributed by atoms with van der Waals surface area (Å²) in [5, 5.41) is 0. The average molecular weight is 213 g/mol. The van der Waals surface area contributed by atoms with Crippen molar-refractivity contribution in [3.63, 3.8) is 0 Å². The summed E-state index contributed by atoms with van der Waals surface area (Å²) in [5.41, 5.74) is 0. The number of amides is 1. The van der Waals surface area contributed by atoms with E-state index in [0.29, 0.717) is 12.0 Å². The third kappa shape index (κ3) is 3.40. The van der Waals surface area contributed by atoms with Crippen molar-refractivity contribution in [1.82, 2.24) is 4.90 Å². The van der Waals surface area contributed by atoms with Crippen LogP contribution in [-0.2, 0) is 4.74 Å². The Labute approximate surface area is 92.8 Å². The van der Waals surface area contributed by atoms with Crippen LogP contribution in [0.3, 0.4) is 0 Å². The van der Waals surface area contributed by atoms with E-state index in [0.717, 1.165) is 19.4 Å². The minimum Gasteiger partial charge on any atom is -0.447 e. The largest absolute Gasteiger partial charge is 0.447 e. The summed E-state index contributed by atoms with van der Waals surface area (Å²) >= 11 is 0. The van der Waals surface area contributed by atoms with E-state index in [1.54, 1.807) is 0 Å². The van der Waals surface area contributed by atoms with Gasteiger partial charge >= 0.3 is 6.09 Å². The average Bonchev–Trinajstić information content (AvgIpc) is 2.17. The second-order valence-corrected chi connectivity index (χ2v) is 4.79. The number of piperidine rings is 1. The van der Waals surface area contributed by atoms with Gasteiger partial charge in [0.2, 0.25) is 0 Å². The van der Waals surface area contributed by atoms with Crippen LogP contribution >= 0.6 is 0 Å². The summed E-state index contributed by atoms with van der Waals surface area (Å²) in [6.07, 6.45) is 3.33. The topological polar surface area (TPSA) is 29.5 Å². The Kier molecular flexibility index (Phi) is 4.43. The van der Waals surface area contributed by atoms with Gasteiger partial charge in [0, 0.05) is 12.6 Å². The highest BCUT2D eigenvalue weighted by molar-refractivity contribution is 5.68. The van der Waals surface area contributed by atoms with E-state index in [1.165, 1.54) is 6.42 Å². The van der Waals surface area contributed by atoms with Gasteiger partial charge in [-0.3, -0.25) is 0 Å². The zero-order valence-electron chi connectivity index (χ0n) is 10.3. The van der Waals surface area contributed by atoms with Gasteiger partial charge in [-0.25, -0.2) is 4.79 Å². The fourth-order valence-electron chi connectivity index (χ4n) is 2.04. The van der Waals surface area contributed by atoms with Crippen molar-refractivity contribution >= 4 is 6.09 Å². The molecule has 1 saturated heterocycles. The van der Waals surface area contributed by atoms with Gasteiger partial charge in [-0.1, -0.05) is 13.3 Å². The first kappa shape index (κ1) is 12.3. The molecule has 1 amide bonds. The minimum absolute atomic E-state index is 0.0216. The van der Waals surface area contributed by atoms with Crippen LogP contribution in [0.25, 0.3) is 0 Å². The van der Waals surface area contributed by atoms with Crippen LogP contribution < -0.4 is 0 Å². The number of likely N-dealkylation sites (tertiary alicyclic amines) is 1. The molecule has 15 heavy (non-hydrogen) atoms. The van der Waals surface area contributed by atoms with E-state index < -0.39 is 0 Å². The molecule has 0 aromatic carbocycles. The van der Waals surface area contributed by atoms with Gasteiger partial charge in [0.25, 0.3) is 0 Å². The predicted octanol–water partition coefficient (Wildman–Crippen LogP) is 3.04. The molecule has 0 bridgehead atoms. The fraction of sp³-hybridized carbons (Fsp3) is 0.917. The zero-order chi connectivity index (χ0) is 11.4. The number of nitrogens with zero attached hydrogens (tertiary/aromatic N) is 1. The van der Waals surface area contributed by atoms with Crippen LogP contribution in [0.1, 0.15) is 47.0 Å². The highest BCUT2D eigenvalue weighted by Crippen LogP contribution is 2.24. The van der Waals surface area contributed by atoms with Crippen molar-refractivity contribution in [3.8, 4) is 0 Å². The maximum atomic E-state index is 11.8. The molecular weight excluding hydrogens is 190 g/mol. The fourth-order valence-corrected chi connectivity index (χ4v) is 2.04. The molecule has 0 saturated carbocycles. The third-order valence-corrected chi connectivity index (χ3v) is 3.13. The van der Waals surface area contributed by atoms with Crippen molar-refractivity contribution < 1.29 is 9.53 Å². The molecule has 3 nitrogen and oxygen atoms in total. The van der Waals surface area contributed by atoms with E-state index in [4.69, 9.17) is 4.74 Å². The molecule has 1 fully saturated rings. The van der Waals surface area contributed by atoms with Crippen molar-refractivity contribution in [3.05, 3.63) is 0 Å². The van der Waals surface area contributed by atoms with Gasteiger partial charge in [-0.15, -0.1) is 0 Å². The Balaban J connectivity index is 2.53. The van der Waals surface area contributed by atoms with Gasteiger partial charge < -0.3 is 9.64 Å². The number of ether oxygens (including phenoxy) is 1. The van der Waals surface area contributed by atoms with Crippen LogP contribution in [0.15, 0.2) is 0 Å². The van der Waals surface area contributed by atoms with E-state index in [1.807, 2.05) is 18.7 Å². The van der Waals surface area contributed by atoms with Crippen LogP contribution in [0.4, 0.5) is 4.79 Å². The highest BCUT2D eigenvalue weighted by Gasteiger charge is 2.29. The second kappa shape index (κ2) is 5.38. The standard InChI is InChI=1S/C12H23NO2/c1-5-11-7-6-10(4)13(8-11)12(14)15-9(2)3/h9-11H,5-8H2,1-4H3/t10-,11+/m1/s1. The number of hydrogen-bond donors (Lipinski definition) is 0. The molecule has 0 aromatic rings. The molecule has 0 aromatic heterocycles. The Morgan fingerprint density at radius 2 is 2.13 bits per heavy atom. The van der Waals surface area contributed by atoms with Crippen LogP contribution in [0, 0.1) is 5.92 Å². The molecule has 1 rings (SSSR count). The summed E-state index contributed by atoms with van der Waals surface area (Å²) in [6, 6.07) is 0.332. The third-order valence-electron chi connectivity index (χ3n) is 3.13. The lowest BCUT2D eigenvalue weighted by Gasteiger charge is -2.37. The summed E-state index contributed by atoms with van der Waals surface area (Å²) < 4.78 is 5.24. The first-order chi connectivity index (χ1) is 7.04. The number of rotatable bonds is 2. The van der Waals surface area contributed by atoms with Crippen molar-refractivity contribution in [1.29, 1.82) is 0 Å². The molecule has 0 radical (unpaired) electrons.